The third-order valence-electron chi connectivity index (χ3n) is 5.34. The van der Waals surface area contributed by atoms with Crippen LogP contribution in [0.2, 0.25) is 0 Å². The van der Waals surface area contributed by atoms with Crippen LogP contribution in [0.25, 0.3) is 11.1 Å². The van der Waals surface area contributed by atoms with Gasteiger partial charge in [-0.15, -0.1) is 0 Å². The molecule has 0 saturated carbocycles. The Morgan fingerprint density at radius 3 is 2.89 bits per heavy atom. The van der Waals surface area contributed by atoms with Crippen LogP contribution in [-0.2, 0) is 6.42 Å². The van der Waals surface area contributed by atoms with Crippen LogP contribution in [0.15, 0.2) is 42.7 Å². The van der Waals surface area contributed by atoms with Gasteiger partial charge in [0.15, 0.2) is 0 Å². The number of rotatable bonds is 3. The van der Waals surface area contributed by atoms with E-state index in [0.717, 1.165) is 43.0 Å². The first-order valence-corrected chi connectivity index (χ1v) is 9.27. The van der Waals surface area contributed by atoms with E-state index in [2.05, 4.69) is 35.0 Å². The molecule has 6 nitrogen and oxygen atoms in total. The van der Waals surface area contributed by atoms with Crippen molar-refractivity contribution in [1.82, 2.24) is 15.0 Å². The summed E-state index contributed by atoms with van der Waals surface area (Å²) in [5.41, 5.74) is 12.1. The van der Waals surface area contributed by atoms with Crippen molar-refractivity contribution in [2.75, 3.05) is 18.0 Å². The highest BCUT2D eigenvalue weighted by Crippen LogP contribution is 2.44. The Kier molecular flexibility index (Phi) is 3.79. The van der Waals surface area contributed by atoms with Crippen LogP contribution >= 0.6 is 0 Å². The first-order chi connectivity index (χ1) is 13.2. The van der Waals surface area contributed by atoms with Crippen LogP contribution in [-0.4, -0.2) is 34.1 Å². The molecule has 0 radical (unpaired) electrons. The Bertz CT molecular complexity index is 1000. The molecule has 2 N–H and O–H groups in total. The van der Waals surface area contributed by atoms with E-state index in [9.17, 15) is 0 Å². The van der Waals surface area contributed by atoms with Gasteiger partial charge in [0.2, 0.25) is 0 Å². The summed E-state index contributed by atoms with van der Waals surface area (Å²) in [6.07, 6.45) is 5.15. The number of nitrogens with zero attached hydrogens (tertiary/aromatic N) is 4. The fourth-order valence-electron chi connectivity index (χ4n) is 3.98. The molecule has 2 aromatic heterocycles. The topological polar surface area (TPSA) is 77.2 Å². The average Bonchev–Trinajstić information content (AvgIpc) is 3.26. The number of aryl methyl sites for hydroxylation is 1. The fourth-order valence-corrected chi connectivity index (χ4v) is 3.98. The van der Waals surface area contributed by atoms with E-state index in [1.54, 1.807) is 12.4 Å². The molecule has 1 aliphatic heterocycles. The average molecular weight is 359 g/mol. The van der Waals surface area contributed by atoms with Crippen molar-refractivity contribution >= 4 is 5.82 Å². The number of ether oxygens (including phenoxy) is 1. The molecule has 3 aromatic rings. The van der Waals surface area contributed by atoms with Crippen LogP contribution in [0.4, 0.5) is 5.82 Å². The van der Waals surface area contributed by atoms with Gasteiger partial charge in [-0.1, -0.05) is 18.2 Å². The summed E-state index contributed by atoms with van der Waals surface area (Å²) in [5, 5.41) is 0. The van der Waals surface area contributed by atoms with E-state index < -0.39 is 0 Å². The highest BCUT2D eigenvalue weighted by molar-refractivity contribution is 5.85. The van der Waals surface area contributed by atoms with Gasteiger partial charge in [-0.2, -0.15) is 9.97 Å². The van der Waals surface area contributed by atoms with Crippen LogP contribution in [0.1, 0.15) is 23.2 Å². The van der Waals surface area contributed by atoms with Crippen molar-refractivity contribution in [1.29, 1.82) is 0 Å². The molecule has 1 saturated heterocycles. The van der Waals surface area contributed by atoms with E-state index in [1.165, 1.54) is 16.7 Å². The van der Waals surface area contributed by atoms with Crippen molar-refractivity contribution in [3.05, 3.63) is 59.5 Å². The Balaban J connectivity index is 1.63. The third kappa shape index (κ3) is 2.82. The molecule has 27 heavy (non-hydrogen) atoms. The maximum atomic E-state index is 6.16. The lowest BCUT2D eigenvalue weighted by Crippen LogP contribution is -2.27. The number of fused-ring (bicyclic) bond motifs is 3. The molecule has 0 amide bonds. The zero-order valence-corrected chi connectivity index (χ0v) is 15.2. The van der Waals surface area contributed by atoms with Gasteiger partial charge in [0.05, 0.1) is 11.9 Å². The zero-order chi connectivity index (χ0) is 18.4. The number of nitrogens with two attached hydrogens (primary N) is 1. The molecule has 0 bridgehead atoms. The summed E-state index contributed by atoms with van der Waals surface area (Å²) in [6, 6.07) is 10.6. The first-order valence-electron chi connectivity index (χ1n) is 9.27. The van der Waals surface area contributed by atoms with Gasteiger partial charge >= 0.3 is 6.01 Å². The van der Waals surface area contributed by atoms with E-state index in [0.29, 0.717) is 11.8 Å². The molecule has 0 spiro atoms. The van der Waals surface area contributed by atoms with Crippen LogP contribution in [0, 0.1) is 6.92 Å². The molecule has 5 rings (SSSR count). The number of anilines is 1. The molecule has 1 aromatic carbocycles. The minimum atomic E-state index is 0.177. The van der Waals surface area contributed by atoms with Gasteiger partial charge in [-0.05, 0) is 42.2 Å². The van der Waals surface area contributed by atoms with Crippen molar-refractivity contribution in [2.45, 2.75) is 25.8 Å². The van der Waals surface area contributed by atoms with Crippen LogP contribution in [0.5, 0.6) is 11.8 Å². The van der Waals surface area contributed by atoms with Gasteiger partial charge in [-0.25, -0.2) is 0 Å². The number of aromatic nitrogens is 3. The number of hydrogen-bond donors (Lipinski definition) is 1. The lowest BCUT2D eigenvalue weighted by molar-refractivity contribution is 0.438. The number of pyridine rings is 1. The quantitative estimate of drug-likeness (QED) is 0.606. The molecule has 1 aliphatic carbocycles. The SMILES string of the molecule is Cc1cccc2c1Cc1nc(Oc3cccnc3)nc(N3CC[C@H](N)C3)c1-2. The minimum Gasteiger partial charge on any atom is -0.423 e. The largest absolute Gasteiger partial charge is 0.423 e. The van der Waals surface area contributed by atoms with Crippen molar-refractivity contribution < 1.29 is 4.74 Å². The highest BCUT2D eigenvalue weighted by atomic mass is 16.5. The summed E-state index contributed by atoms with van der Waals surface area (Å²) in [4.78, 5) is 15.9. The van der Waals surface area contributed by atoms with Crippen molar-refractivity contribution in [3.63, 3.8) is 0 Å². The summed E-state index contributed by atoms with van der Waals surface area (Å²) < 4.78 is 5.92. The fraction of sp³-hybridized carbons (Fsp3) is 0.286. The normalized spacial score (nSPS) is 17.7. The molecule has 2 aliphatic rings. The number of hydrogen-bond acceptors (Lipinski definition) is 6. The summed E-state index contributed by atoms with van der Waals surface area (Å²) in [7, 11) is 0. The Labute approximate surface area is 158 Å². The second-order valence-corrected chi connectivity index (χ2v) is 7.21. The van der Waals surface area contributed by atoms with Crippen LogP contribution in [0.3, 0.4) is 0 Å². The lowest BCUT2D eigenvalue weighted by Gasteiger charge is -2.21. The standard InChI is InChI=1S/C21H21N5O/c1-13-4-2-6-16-17(13)10-18-19(16)20(26-9-7-14(22)12-26)25-21(24-18)27-15-5-3-8-23-11-15/h2-6,8,11,14H,7,9-10,12,22H2,1H3/t14-/m0/s1. The Morgan fingerprint density at radius 2 is 2.11 bits per heavy atom. The molecule has 1 fully saturated rings. The molecule has 6 heteroatoms. The van der Waals surface area contributed by atoms with E-state index in [1.807, 2.05) is 12.1 Å². The first kappa shape index (κ1) is 16.2. The smallest absolute Gasteiger partial charge is 0.324 e. The Hall–Kier alpha value is -2.99. The summed E-state index contributed by atoms with van der Waals surface area (Å²) >= 11 is 0. The van der Waals surface area contributed by atoms with E-state index in [-0.39, 0.29) is 6.04 Å². The molecular formula is C21H21N5O. The van der Waals surface area contributed by atoms with Gasteiger partial charge in [-0.3, -0.25) is 4.98 Å². The molecule has 3 heterocycles. The molecule has 1 atom stereocenters. The number of benzene rings is 1. The maximum Gasteiger partial charge on any atom is 0.324 e. The second-order valence-electron chi connectivity index (χ2n) is 7.21. The summed E-state index contributed by atoms with van der Waals surface area (Å²) in [6.45, 7) is 3.85. The monoisotopic (exact) mass is 359 g/mol. The summed E-state index contributed by atoms with van der Waals surface area (Å²) in [5.74, 6) is 1.56. The molecular weight excluding hydrogens is 338 g/mol. The highest BCUT2D eigenvalue weighted by Gasteiger charge is 2.31. The van der Waals surface area contributed by atoms with Crippen molar-refractivity contribution in [2.24, 2.45) is 5.73 Å². The van der Waals surface area contributed by atoms with Crippen molar-refractivity contribution in [3.8, 4) is 22.9 Å². The molecule has 0 unspecified atom stereocenters. The Morgan fingerprint density at radius 1 is 1.19 bits per heavy atom. The predicted molar refractivity (Wildman–Crippen MR) is 104 cm³/mol. The van der Waals surface area contributed by atoms with Gasteiger partial charge in [0, 0.05) is 37.3 Å². The zero-order valence-electron chi connectivity index (χ0n) is 15.2. The van der Waals surface area contributed by atoms with E-state index >= 15 is 0 Å². The van der Waals surface area contributed by atoms with Gasteiger partial charge in [0.1, 0.15) is 11.6 Å². The molecule has 136 valence electrons. The minimum absolute atomic E-state index is 0.177. The maximum absolute atomic E-state index is 6.16. The van der Waals surface area contributed by atoms with Gasteiger partial charge < -0.3 is 15.4 Å². The van der Waals surface area contributed by atoms with Gasteiger partial charge in [0.25, 0.3) is 0 Å². The van der Waals surface area contributed by atoms with E-state index in [4.69, 9.17) is 20.4 Å². The third-order valence-corrected chi connectivity index (χ3v) is 5.34. The predicted octanol–water partition coefficient (Wildman–Crippen LogP) is 3.08. The van der Waals surface area contributed by atoms with Crippen LogP contribution < -0.4 is 15.4 Å². The lowest BCUT2D eigenvalue weighted by atomic mass is 10.0. The second kappa shape index (κ2) is 6.32.